The molecule has 0 heterocycles. The van der Waals surface area contributed by atoms with Crippen molar-refractivity contribution in [1.29, 1.82) is 0 Å². The van der Waals surface area contributed by atoms with Crippen LogP contribution < -0.4 is 0 Å². The molecule has 0 amide bonds. The summed E-state index contributed by atoms with van der Waals surface area (Å²) in [5.74, 6) is 0. The first kappa shape index (κ1) is 46.0. The van der Waals surface area contributed by atoms with E-state index in [-0.39, 0.29) is 0 Å². The van der Waals surface area contributed by atoms with Gasteiger partial charge in [0.05, 0.1) is 0 Å². The third-order valence-electron chi connectivity index (χ3n) is 16.3. The lowest BCUT2D eigenvalue weighted by molar-refractivity contribution is 1.73. The molecule has 14 heteroatoms. The Kier molecular flexibility index (Phi) is 13.2. The fraction of sp³-hybridized carbons (Fsp3) is 1.00. The van der Waals surface area contributed by atoms with Crippen LogP contribution in [0, 0.1) is 0 Å². The fourth-order valence-corrected chi connectivity index (χ4v) is 681. The van der Waals surface area contributed by atoms with E-state index in [0.717, 1.165) is 0 Å². The summed E-state index contributed by atoms with van der Waals surface area (Å²) < 4.78 is 0. The summed E-state index contributed by atoms with van der Waals surface area (Å²) in [5.41, 5.74) is 0. The van der Waals surface area contributed by atoms with Gasteiger partial charge < -0.3 is 0 Å². The van der Waals surface area contributed by atoms with Crippen molar-refractivity contribution < 1.29 is 0 Å². The summed E-state index contributed by atoms with van der Waals surface area (Å²) in [5, 5.41) is 0. The van der Waals surface area contributed by atoms with Gasteiger partial charge in [0, 0.05) is 101 Å². The maximum absolute atomic E-state index is 3.26. The normalized spacial score (nSPS) is 17.2. The lowest BCUT2D eigenvalue weighted by atomic mass is 11.8. The molecule has 0 aliphatic rings. The zero-order valence-electron chi connectivity index (χ0n) is 36.0. The fourth-order valence-electron chi connectivity index (χ4n) is 14.3. The van der Waals surface area contributed by atoms with Crippen molar-refractivity contribution in [3.63, 3.8) is 0 Å². The molecule has 0 saturated heterocycles. The maximum Gasteiger partial charge on any atom is 0.0331 e. The van der Waals surface area contributed by atoms with E-state index in [1.165, 1.54) is 0 Å². The van der Waals surface area contributed by atoms with Crippen LogP contribution in [0.5, 0.6) is 0 Å². The molecule has 0 saturated carbocycles. The SMILES string of the molecule is C[Si](C)[Si]([Si](C)(C)[Si](C)([Si](C)(C)C)[Si](C)(C)C)([Si](C)(C)[Si](C)([Si](C)(C)C)[Si](C)(C)C)[Si](C)(C)[Si](C)([Si](C)(C)C)[Si](C)(C)C. The van der Waals surface area contributed by atoms with Crippen molar-refractivity contribution in [1.82, 2.24) is 0 Å². The molecule has 0 rings (SSSR count). The van der Waals surface area contributed by atoms with Crippen molar-refractivity contribution in [3.8, 4) is 0 Å². The second-order valence-corrected chi connectivity index (χ2v) is 186. The minimum absolute atomic E-state index is 0.446. The highest BCUT2D eigenvalue weighted by atomic mass is 30.5. The average Bonchev–Trinajstić information content (AvgIpc) is 2.65. The van der Waals surface area contributed by atoms with E-state index in [0.29, 0.717) is 0 Å². The maximum atomic E-state index is 3.26. The van der Waals surface area contributed by atoms with Crippen molar-refractivity contribution in [3.05, 3.63) is 0 Å². The Balaban J connectivity index is 9.60. The van der Waals surface area contributed by atoms with E-state index in [4.69, 9.17) is 0 Å². The van der Waals surface area contributed by atoms with E-state index in [9.17, 15) is 0 Å². The van der Waals surface area contributed by atoms with Gasteiger partial charge in [0.2, 0.25) is 0 Å². The minimum atomic E-state index is -1.71. The van der Waals surface area contributed by atoms with Gasteiger partial charge in [0.1, 0.15) is 0 Å². The van der Waals surface area contributed by atoms with Crippen LogP contribution in [0.4, 0.5) is 0 Å². The molecule has 0 aliphatic carbocycles. The van der Waals surface area contributed by atoms with Gasteiger partial charge in [-0.15, -0.1) is 0 Å². The molecule has 0 atom stereocenters. The summed E-state index contributed by atoms with van der Waals surface area (Å²) in [6.07, 6.45) is -1.71. The number of hydrogen-bond donors (Lipinski definition) is 0. The molecule has 0 aromatic heterocycles. The third kappa shape index (κ3) is 6.09. The van der Waals surface area contributed by atoms with Crippen molar-refractivity contribution >= 4 is 101 Å². The quantitative estimate of drug-likeness (QED) is 0.162. The van der Waals surface area contributed by atoms with Crippen LogP contribution in [-0.2, 0) is 0 Å². The number of rotatable bonds is 13. The molecule has 0 bridgehead atoms. The Morgan fingerprint density at radius 2 is 0.349 bits per heavy atom. The van der Waals surface area contributed by atoms with Crippen LogP contribution in [0.3, 0.4) is 0 Å². The Hall–Kier alpha value is 3.04. The Labute approximate surface area is 288 Å². The molecule has 0 N–H and O–H groups in total. The molecular formula is C29H87Si14. The van der Waals surface area contributed by atoms with E-state index < -0.39 is 101 Å². The first-order chi connectivity index (χ1) is 17.9. The molecule has 0 unspecified atom stereocenters. The summed E-state index contributed by atoms with van der Waals surface area (Å²) in [4.78, 5) is 0. The highest BCUT2D eigenvalue weighted by molar-refractivity contribution is 8.31. The number of hydrogen-bond acceptors (Lipinski definition) is 0. The second-order valence-electron chi connectivity index (χ2n) is 23.5. The smallest absolute Gasteiger partial charge is 0.0331 e. The minimum Gasteiger partial charge on any atom is -0.0749 e. The highest BCUT2D eigenvalue weighted by Gasteiger charge is 2.83. The standard InChI is InChI=1S/C29H87Si14/c1-30(2)43(37(21,22)40(27,31(3,4)5)32(6,7)8,38(23,24)41(28,33(9,10)11)34(12,13)14)39(25,26)42(29,35(15,16)17)36(18,19)20/h1-29H3. The van der Waals surface area contributed by atoms with Gasteiger partial charge in [0.15, 0.2) is 0 Å². The van der Waals surface area contributed by atoms with Crippen LogP contribution in [0.1, 0.15) is 0 Å². The average molecular weight is 829 g/mol. The predicted octanol–water partition coefficient (Wildman–Crippen LogP) is 11.6. The third-order valence-corrected chi connectivity index (χ3v) is 383. The van der Waals surface area contributed by atoms with E-state index >= 15 is 0 Å². The van der Waals surface area contributed by atoms with Gasteiger partial charge >= 0.3 is 0 Å². The zero-order chi connectivity index (χ0) is 36.1. The van der Waals surface area contributed by atoms with Gasteiger partial charge in [-0.3, -0.25) is 0 Å². The van der Waals surface area contributed by atoms with E-state index in [2.05, 4.69) is 190 Å². The predicted molar refractivity (Wildman–Crippen MR) is 251 cm³/mol. The monoisotopic (exact) mass is 827 g/mol. The van der Waals surface area contributed by atoms with Crippen LogP contribution in [0.15, 0.2) is 0 Å². The zero-order valence-corrected chi connectivity index (χ0v) is 50.0. The lowest BCUT2D eigenvalue weighted by Gasteiger charge is -2.78. The summed E-state index contributed by atoms with van der Waals surface area (Å²) in [7, 11) is -13.6. The van der Waals surface area contributed by atoms with Crippen LogP contribution >= 0.6 is 0 Å². The van der Waals surface area contributed by atoms with Crippen molar-refractivity contribution in [2.75, 3.05) is 0 Å². The van der Waals surface area contributed by atoms with Gasteiger partial charge in [0.25, 0.3) is 0 Å². The molecule has 0 nitrogen and oxygen atoms in total. The molecule has 0 aromatic rings. The van der Waals surface area contributed by atoms with Gasteiger partial charge in [-0.2, -0.15) is 0 Å². The summed E-state index contributed by atoms with van der Waals surface area (Å²) >= 11 is 0. The molecule has 43 heavy (non-hydrogen) atoms. The van der Waals surface area contributed by atoms with E-state index in [1.54, 1.807) is 0 Å². The first-order valence-corrected chi connectivity index (χ1v) is 72.8. The van der Waals surface area contributed by atoms with E-state index in [1.807, 2.05) is 0 Å². The van der Waals surface area contributed by atoms with Crippen LogP contribution in [-0.4, -0.2) is 101 Å². The lowest BCUT2D eigenvalue weighted by Crippen LogP contribution is -3.09. The largest absolute Gasteiger partial charge is 0.0749 e. The Morgan fingerprint density at radius 3 is 0.419 bits per heavy atom. The Morgan fingerprint density at radius 1 is 0.233 bits per heavy atom. The Bertz CT molecular complexity index is 824. The van der Waals surface area contributed by atoms with Crippen LogP contribution in [0.25, 0.3) is 0 Å². The molecule has 0 aromatic carbocycles. The van der Waals surface area contributed by atoms with Gasteiger partial charge in [-0.05, 0) is 0 Å². The molecular weight excluding hydrogens is 742 g/mol. The van der Waals surface area contributed by atoms with Crippen LogP contribution in [0.2, 0.25) is 190 Å². The topological polar surface area (TPSA) is 0 Å². The molecule has 259 valence electrons. The summed E-state index contributed by atoms with van der Waals surface area (Å²) in [6, 6.07) is 0. The summed E-state index contributed by atoms with van der Waals surface area (Å²) in [6.45, 7) is 83.2. The van der Waals surface area contributed by atoms with Gasteiger partial charge in [-0.25, -0.2) is 0 Å². The highest BCUT2D eigenvalue weighted by Crippen LogP contribution is 2.56. The van der Waals surface area contributed by atoms with Crippen molar-refractivity contribution in [2.45, 2.75) is 190 Å². The molecule has 0 aliphatic heterocycles. The van der Waals surface area contributed by atoms with Crippen molar-refractivity contribution in [2.24, 2.45) is 0 Å². The molecule has 0 spiro atoms. The molecule has 1 radical (unpaired) electrons. The first-order valence-electron chi connectivity index (χ1n) is 17.8. The second kappa shape index (κ2) is 12.4. The van der Waals surface area contributed by atoms with Gasteiger partial charge in [-0.1, -0.05) is 190 Å². The molecule has 0 fully saturated rings.